The third-order valence-corrected chi connectivity index (χ3v) is 2.75. The van der Waals surface area contributed by atoms with Gasteiger partial charge in [0, 0.05) is 23.4 Å². The zero-order chi connectivity index (χ0) is 8.27. The molecule has 0 N–H and O–H groups in total. The maximum absolute atomic E-state index is 4.26. The molecule has 0 aromatic carbocycles. The Balaban J connectivity index is 2.58. The summed E-state index contributed by atoms with van der Waals surface area (Å²) in [4.78, 5) is 7.61. The average Bonchev–Trinajstić information content (AvgIpc) is 2.34. The van der Waals surface area contributed by atoms with Crippen molar-refractivity contribution >= 4 is 24.0 Å². The standard InChI is InChI=1S/C7H12N2S2/c1-9(2)4-7-8-3-6(5-10)11-7/h3,10H,4-5H2,1-2H3. The van der Waals surface area contributed by atoms with E-state index in [2.05, 4.69) is 22.5 Å². The van der Waals surface area contributed by atoms with Crippen LogP contribution in [0.3, 0.4) is 0 Å². The highest BCUT2D eigenvalue weighted by Gasteiger charge is 2.00. The van der Waals surface area contributed by atoms with E-state index in [1.807, 2.05) is 20.3 Å². The van der Waals surface area contributed by atoms with Gasteiger partial charge < -0.3 is 4.90 Å². The molecule has 0 amide bonds. The van der Waals surface area contributed by atoms with Gasteiger partial charge in [-0.15, -0.1) is 11.3 Å². The van der Waals surface area contributed by atoms with Crippen LogP contribution in [0, 0.1) is 0 Å². The van der Waals surface area contributed by atoms with E-state index in [9.17, 15) is 0 Å². The molecule has 0 bridgehead atoms. The Bertz CT molecular complexity index is 220. The van der Waals surface area contributed by atoms with Crippen molar-refractivity contribution in [3.05, 3.63) is 16.1 Å². The highest BCUT2D eigenvalue weighted by Crippen LogP contribution is 2.15. The van der Waals surface area contributed by atoms with Crippen molar-refractivity contribution in [2.45, 2.75) is 12.3 Å². The third kappa shape index (κ3) is 2.81. The van der Waals surface area contributed by atoms with Crippen molar-refractivity contribution in [1.82, 2.24) is 9.88 Å². The summed E-state index contributed by atoms with van der Waals surface area (Å²) in [6, 6.07) is 0. The predicted molar refractivity (Wildman–Crippen MR) is 52.2 cm³/mol. The SMILES string of the molecule is CN(C)Cc1ncc(CS)s1. The quantitative estimate of drug-likeness (QED) is 0.726. The molecule has 0 fully saturated rings. The largest absolute Gasteiger partial charge is 0.303 e. The minimum atomic E-state index is 0.797. The first-order valence-electron chi connectivity index (χ1n) is 3.41. The van der Waals surface area contributed by atoms with E-state index in [1.165, 1.54) is 9.88 Å². The molecule has 1 heterocycles. The number of aromatic nitrogens is 1. The van der Waals surface area contributed by atoms with Gasteiger partial charge >= 0.3 is 0 Å². The predicted octanol–water partition coefficient (Wildman–Crippen LogP) is 1.63. The molecule has 4 heteroatoms. The summed E-state index contributed by atoms with van der Waals surface area (Å²) in [5.41, 5.74) is 0. The molecule has 0 unspecified atom stereocenters. The summed E-state index contributed by atoms with van der Waals surface area (Å²) >= 11 is 5.90. The van der Waals surface area contributed by atoms with E-state index in [0.717, 1.165) is 12.3 Å². The molecular formula is C7H12N2S2. The lowest BCUT2D eigenvalue weighted by Gasteiger charge is -2.04. The van der Waals surface area contributed by atoms with Crippen LogP contribution in [0.1, 0.15) is 9.88 Å². The minimum Gasteiger partial charge on any atom is -0.303 e. The topological polar surface area (TPSA) is 16.1 Å². The summed E-state index contributed by atoms with van der Waals surface area (Å²) in [5.74, 6) is 0.797. The second-order valence-corrected chi connectivity index (χ2v) is 4.13. The number of hydrogen-bond donors (Lipinski definition) is 1. The molecular weight excluding hydrogens is 176 g/mol. The van der Waals surface area contributed by atoms with Gasteiger partial charge in [-0.3, -0.25) is 0 Å². The van der Waals surface area contributed by atoms with Crippen molar-refractivity contribution in [2.24, 2.45) is 0 Å². The van der Waals surface area contributed by atoms with Gasteiger partial charge in [-0.25, -0.2) is 4.98 Å². The van der Waals surface area contributed by atoms with E-state index in [-0.39, 0.29) is 0 Å². The number of hydrogen-bond acceptors (Lipinski definition) is 4. The van der Waals surface area contributed by atoms with Crippen LogP contribution in [0.2, 0.25) is 0 Å². The third-order valence-electron chi connectivity index (χ3n) is 1.21. The molecule has 0 aliphatic heterocycles. The lowest BCUT2D eigenvalue weighted by atomic mass is 10.6. The maximum atomic E-state index is 4.26. The van der Waals surface area contributed by atoms with Gasteiger partial charge in [-0.05, 0) is 14.1 Å². The molecule has 2 nitrogen and oxygen atoms in total. The van der Waals surface area contributed by atoms with Gasteiger partial charge in [0.1, 0.15) is 5.01 Å². The summed E-state index contributed by atoms with van der Waals surface area (Å²) in [6.07, 6.45) is 1.90. The molecule has 0 aliphatic rings. The van der Waals surface area contributed by atoms with Crippen molar-refractivity contribution < 1.29 is 0 Å². The summed E-state index contributed by atoms with van der Waals surface area (Å²) in [5, 5.41) is 1.17. The van der Waals surface area contributed by atoms with Crippen LogP contribution in [-0.2, 0) is 12.3 Å². The number of nitrogens with zero attached hydrogens (tertiary/aromatic N) is 2. The molecule has 62 valence electrons. The second kappa shape index (κ2) is 4.09. The lowest BCUT2D eigenvalue weighted by Crippen LogP contribution is -2.09. The van der Waals surface area contributed by atoms with Crippen LogP contribution < -0.4 is 0 Å². The van der Waals surface area contributed by atoms with Crippen molar-refractivity contribution in [3.63, 3.8) is 0 Å². The van der Waals surface area contributed by atoms with Crippen molar-refractivity contribution in [2.75, 3.05) is 14.1 Å². The number of thiol groups is 1. The second-order valence-electron chi connectivity index (χ2n) is 2.62. The number of thiazole rings is 1. The molecule has 0 spiro atoms. The Morgan fingerprint density at radius 2 is 2.36 bits per heavy atom. The minimum absolute atomic E-state index is 0.797. The molecule has 1 aromatic heterocycles. The van der Waals surface area contributed by atoms with Gasteiger partial charge in [0.05, 0.1) is 0 Å². The first-order valence-corrected chi connectivity index (χ1v) is 4.86. The van der Waals surface area contributed by atoms with Crippen LogP contribution in [-0.4, -0.2) is 24.0 Å². The molecule has 1 aromatic rings. The number of rotatable bonds is 3. The Morgan fingerprint density at radius 3 is 2.82 bits per heavy atom. The smallest absolute Gasteiger partial charge is 0.107 e. The summed E-state index contributed by atoms with van der Waals surface area (Å²) in [7, 11) is 4.09. The van der Waals surface area contributed by atoms with Crippen LogP contribution in [0.15, 0.2) is 6.20 Å². The van der Waals surface area contributed by atoms with E-state index < -0.39 is 0 Å². The summed E-state index contributed by atoms with van der Waals surface area (Å²) in [6.45, 7) is 0.929. The van der Waals surface area contributed by atoms with Crippen LogP contribution >= 0.6 is 24.0 Å². The Kier molecular flexibility index (Phi) is 3.36. The molecule has 11 heavy (non-hydrogen) atoms. The molecule has 0 radical (unpaired) electrons. The van der Waals surface area contributed by atoms with Gasteiger partial charge in [0.25, 0.3) is 0 Å². The normalized spacial score (nSPS) is 10.9. The molecule has 0 saturated carbocycles. The zero-order valence-electron chi connectivity index (χ0n) is 6.74. The fraction of sp³-hybridized carbons (Fsp3) is 0.571. The van der Waals surface area contributed by atoms with Crippen molar-refractivity contribution in [1.29, 1.82) is 0 Å². The van der Waals surface area contributed by atoms with Crippen LogP contribution in [0.25, 0.3) is 0 Å². The highest BCUT2D eigenvalue weighted by molar-refractivity contribution is 7.79. The van der Waals surface area contributed by atoms with E-state index >= 15 is 0 Å². The van der Waals surface area contributed by atoms with E-state index in [0.29, 0.717) is 0 Å². The first kappa shape index (κ1) is 9.03. The van der Waals surface area contributed by atoms with Gasteiger partial charge in [0.15, 0.2) is 0 Å². The maximum Gasteiger partial charge on any atom is 0.107 e. The molecule has 1 rings (SSSR count). The van der Waals surface area contributed by atoms with E-state index in [1.54, 1.807) is 11.3 Å². The van der Waals surface area contributed by atoms with Gasteiger partial charge in [-0.2, -0.15) is 12.6 Å². The Hall–Kier alpha value is -0.0600. The summed E-state index contributed by atoms with van der Waals surface area (Å²) < 4.78 is 0. The Morgan fingerprint density at radius 1 is 1.64 bits per heavy atom. The monoisotopic (exact) mass is 188 g/mol. The van der Waals surface area contributed by atoms with Crippen LogP contribution in [0.5, 0.6) is 0 Å². The van der Waals surface area contributed by atoms with E-state index in [4.69, 9.17) is 0 Å². The Labute approximate surface area is 76.7 Å². The fourth-order valence-electron chi connectivity index (χ4n) is 0.765. The highest BCUT2D eigenvalue weighted by atomic mass is 32.1. The lowest BCUT2D eigenvalue weighted by molar-refractivity contribution is 0.401. The molecule has 0 saturated heterocycles. The van der Waals surface area contributed by atoms with Crippen molar-refractivity contribution in [3.8, 4) is 0 Å². The van der Waals surface area contributed by atoms with Gasteiger partial charge in [0.2, 0.25) is 0 Å². The average molecular weight is 188 g/mol. The molecule has 0 aliphatic carbocycles. The van der Waals surface area contributed by atoms with Crippen LogP contribution in [0.4, 0.5) is 0 Å². The first-order chi connectivity index (χ1) is 5.22. The molecule has 0 atom stereocenters. The fourth-order valence-corrected chi connectivity index (χ4v) is 1.94. The van der Waals surface area contributed by atoms with Gasteiger partial charge in [-0.1, -0.05) is 0 Å². The zero-order valence-corrected chi connectivity index (χ0v) is 8.45.